The lowest BCUT2D eigenvalue weighted by Gasteiger charge is -2.06. The van der Waals surface area contributed by atoms with Crippen LogP contribution in [0, 0.1) is 11.8 Å². The summed E-state index contributed by atoms with van der Waals surface area (Å²) in [7, 11) is 1.69. The van der Waals surface area contributed by atoms with E-state index in [-0.39, 0.29) is 0 Å². The van der Waals surface area contributed by atoms with Crippen LogP contribution in [-0.4, -0.2) is 13.7 Å². The van der Waals surface area contributed by atoms with E-state index >= 15 is 0 Å². The highest BCUT2D eigenvalue weighted by atomic mass is 16.5. The Kier molecular flexibility index (Phi) is 4.22. The molecule has 0 aliphatic rings. The first-order valence-electron chi connectivity index (χ1n) is 6.11. The van der Waals surface area contributed by atoms with E-state index in [0.717, 1.165) is 34.9 Å². The highest BCUT2D eigenvalue weighted by Gasteiger charge is 2.03. The molecule has 0 heterocycles. The van der Waals surface area contributed by atoms with Crippen LogP contribution in [0.3, 0.4) is 0 Å². The normalized spacial score (nSPS) is 9.89. The predicted molar refractivity (Wildman–Crippen MR) is 75.7 cm³/mol. The van der Waals surface area contributed by atoms with Gasteiger partial charge in [-0.3, -0.25) is 0 Å². The van der Waals surface area contributed by atoms with Crippen molar-refractivity contribution in [2.45, 2.75) is 12.8 Å². The second kappa shape index (κ2) is 6.09. The lowest BCUT2D eigenvalue weighted by Crippen LogP contribution is -1.96. The summed E-state index contributed by atoms with van der Waals surface area (Å²) >= 11 is 0. The number of ether oxygens (including phenoxy) is 1. The highest BCUT2D eigenvalue weighted by molar-refractivity contribution is 5.93. The SMILES string of the molecule is COc1ccc(C#CCCCN)c2ccccc12. The molecule has 0 spiro atoms. The number of fused-ring (bicyclic) bond motifs is 1. The Hall–Kier alpha value is -1.98. The molecular weight excluding hydrogens is 222 g/mol. The van der Waals surface area contributed by atoms with E-state index in [4.69, 9.17) is 10.5 Å². The highest BCUT2D eigenvalue weighted by Crippen LogP contribution is 2.27. The molecule has 2 heteroatoms. The van der Waals surface area contributed by atoms with Gasteiger partial charge in [0, 0.05) is 22.8 Å². The standard InChI is InChI=1S/C16H17NO/c1-18-16-11-10-13(7-3-2-6-12-17)14-8-4-5-9-15(14)16/h4-5,8-11H,2,6,12,17H2,1H3. The fourth-order valence-corrected chi connectivity index (χ4v) is 1.91. The fraction of sp³-hybridized carbons (Fsp3) is 0.250. The molecule has 2 nitrogen and oxygen atoms in total. The zero-order valence-corrected chi connectivity index (χ0v) is 10.6. The Labute approximate surface area is 108 Å². The third kappa shape index (κ3) is 2.64. The molecule has 0 aliphatic heterocycles. The maximum atomic E-state index is 5.45. The minimum Gasteiger partial charge on any atom is -0.496 e. The van der Waals surface area contributed by atoms with Crippen LogP contribution in [0.1, 0.15) is 18.4 Å². The second-order valence-electron chi connectivity index (χ2n) is 4.05. The second-order valence-corrected chi connectivity index (χ2v) is 4.05. The van der Waals surface area contributed by atoms with Crippen LogP contribution in [0.4, 0.5) is 0 Å². The van der Waals surface area contributed by atoms with E-state index in [1.807, 2.05) is 24.3 Å². The number of hydrogen-bond acceptors (Lipinski definition) is 2. The fourth-order valence-electron chi connectivity index (χ4n) is 1.91. The van der Waals surface area contributed by atoms with Gasteiger partial charge in [-0.1, -0.05) is 36.1 Å². The summed E-state index contributed by atoms with van der Waals surface area (Å²) in [5.74, 6) is 7.26. The van der Waals surface area contributed by atoms with Gasteiger partial charge < -0.3 is 10.5 Å². The number of nitrogens with two attached hydrogens (primary N) is 1. The van der Waals surface area contributed by atoms with Crippen LogP contribution >= 0.6 is 0 Å². The van der Waals surface area contributed by atoms with Gasteiger partial charge in [-0.15, -0.1) is 0 Å². The van der Waals surface area contributed by atoms with Crippen molar-refractivity contribution in [3.63, 3.8) is 0 Å². The molecule has 0 unspecified atom stereocenters. The van der Waals surface area contributed by atoms with Crippen LogP contribution in [-0.2, 0) is 0 Å². The lowest BCUT2D eigenvalue weighted by molar-refractivity contribution is 0.420. The smallest absolute Gasteiger partial charge is 0.126 e. The summed E-state index contributed by atoms with van der Waals surface area (Å²) < 4.78 is 5.36. The van der Waals surface area contributed by atoms with Crippen molar-refractivity contribution in [2.24, 2.45) is 5.73 Å². The maximum Gasteiger partial charge on any atom is 0.126 e. The van der Waals surface area contributed by atoms with Crippen LogP contribution in [0.15, 0.2) is 36.4 Å². The maximum absolute atomic E-state index is 5.45. The third-order valence-corrected chi connectivity index (χ3v) is 2.83. The van der Waals surface area contributed by atoms with E-state index in [0.29, 0.717) is 6.54 Å². The molecule has 0 amide bonds. The molecule has 0 saturated carbocycles. The average Bonchev–Trinajstić information content (AvgIpc) is 2.43. The van der Waals surface area contributed by atoms with Gasteiger partial charge in [0.2, 0.25) is 0 Å². The number of methoxy groups -OCH3 is 1. The van der Waals surface area contributed by atoms with Crippen molar-refractivity contribution >= 4 is 10.8 Å². The van der Waals surface area contributed by atoms with E-state index in [1.165, 1.54) is 0 Å². The largest absolute Gasteiger partial charge is 0.496 e. The predicted octanol–water partition coefficient (Wildman–Crippen LogP) is 2.94. The van der Waals surface area contributed by atoms with Crippen molar-refractivity contribution in [1.82, 2.24) is 0 Å². The van der Waals surface area contributed by atoms with Gasteiger partial charge in [0.1, 0.15) is 5.75 Å². The summed E-state index contributed by atoms with van der Waals surface area (Å²) in [5, 5.41) is 2.24. The van der Waals surface area contributed by atoms with Gasteiger partial charge in [0.15, 0.2) is 0 Å². The van der Waals surface area contributed by atoms with Crippen molar-refractivity contribution in [3.05, 3.63) is 42.0 Å². The van der Waals surface area contributed by atoms with Crippen molar-refractivity contribution < 1.29 is 4.74 Å². The first kappa shape index (κ1) is 12.5. The molecule has 2 aromatic carbocycles. The lowest BCUT2D eigenvalue weighted by atomic mass is 10.0. The molecule has 92 valence electrons. The zero-order valence-electron chi connectivity index (χ0n) is 10.6. The first-order valence-corrected chi connectivity index (χ1v) is 6.11. The summed E-state index contributed by atoms with van der Waals surface area (Å²) in [6.45, 7) is 0.693. The summed E-state index contributed by atoms with van der Waals surface area (Å²) in [4.78, 5) is 0. The van der Waals surface area contributed by atoms with Gasteiger partial charge >= 0.3 is 0 Å². The molecule has 0 fully saturated rings. The topological polar surface area (TPSA) is 35.2 Å². The molecule has 0 bridgehead atoms. The average molecular weight is 239 g/mol. The number of unbranched alkanes of at least 4 members (excludes halogenated alkanes) is 1. The Morgan fingerprint density at radius 2 is 1.89 bits per heavy atom. The van der Waals surface area contributed by atoms with Crippen LogP contribution in [0.5, 0.6) is 5.75 Å². The van der Waals surface area contributed by atoms with E-state index in [2.05, 4.69) is 24.0 Å². The van der Waals surface area contributed by atoms with E-state index < -0.39 is 0 Å². The molecule has 0 atom stereocenters. The van der Waals surface area contributed by atoms with Gasteiger partial charge in [-0.25, -0.2) is 0 Å². The molecule has 0 saturated heterocycles. The summed E-state index contributed by atoms with van der Waals surface area (Å²) in [6.07, 6.45) is 1.79. The number of benzene rings is 2. The van der Waals surface area contributed by atoms with E-state index in [1.54, 1.807) is 7.11 Å². The van der Waals surface area contributed by atoms with Crippen LogP contribution < -0.4 is 10.5 Å². The number of hydrogen-bond donors (Lipinski definition) is 1. The summed E-state index contributed by atoms with van der Waals surface area (Å²) in [6, 6.07) is 12.1. The van der Waals surface area contributed by atoms with Crippen molar-refractivity contribution in [3.8, 4) is 17.6 Å². The van der Waals surface area contributed by atoms with Crippen molar-refractivity contribution in [1.29, 1.82) is 0 Å². The van der Waals surface area contributed by atoms with Crippen LogP contribution in [0.25, 0.3) is 10.8 Å². The molecule has 0 radical (unpaired) electrons. The van der Waals surface area contributed by atoms with Gasteiger partial charge in [-0.05, 0) is 25.1 Å². The summed E-state index contributed by atoms with van der Waals surface area (Å²) in [5.41, 5.74) is 6.50. The Bertz CT molecular complexity index is 593. The molecule has 0 aromatic heterocycles. The molecule has 2 N–H and O–H groups in total. The molecular formula is C16H17NO. The van der Waals surface area contributed by atoms with Gasteiger partial charge in [0.05, 0.1) is 7.11 Å². The molecule has 18 heavy (non-hydrogen) atoms. The minimum absolute atomic E-state index is 0.693. The Balaban J connectivity index is 2.42. The van der Waals surface area contributed by atoms with Gasteiger partial charge in [-0.2, -0.15) is 0 Å². The molecule has 0 aliphatic carbocycles. The first-order chi connectivity index (χ1) is 8.86. The molecule has 2 aromatic rings. The number of rotatable bonds is 3. The van der Waals surface area contributed by atoms with Crippen molar-refractivity contribution in [2.75, 3.05) is 13.7 Å². The van der Waals surface area contributed by atoms with E-state index in [9.17, 15) is 0 Å². The minimum atomic E-state index is 0.693. The quantitative estimate of drug-likeness (QED) is 0.660. The Morgan fingerprint density at radius 1 is 1.11 bits per heavy atom. The van der Waals surface area contributed by atoms with Gasteiger partial charge in [0.25, 0.3) is 0 Å². The third-order valence-electron chi connectivity index (χ3n) is 2.83. The molecule has 2 rings (SSSR count). The Morgan fingerprint density at radius 3 is 2.61 bits per heavy atom. The van der Waals surface area contributed by atoms with Crippen LogP contribution in [0.2, 0.25) is 0 Å². The zero-order chi connectivity index (χ0) is 12.8. The monoisotopic (exact) mass is 239 g/mol.